The van der Waals surface area contributed by atoms with Crippen molar-refractivity contribution in [2.24, 2.45) is 0 Å². The quantitative estimate of drug-likeness (QED) is 0.138. The Hall–Kier alpha value is -8.86. The summed E-state index contributed by atoms with van der Waals surface area (Å²) in [5.41, 5.74) is 18.1. The minimum atomic E-state index is 0.649. The molecular weight excluding hydrogens is 801 g/mol. The van der Waals surface area contributed by atoms with Gasteiger partial charge in [-0.2, -0.15) is 0 Å². The molecule has 11 rings (SSSR count). The Morgan fingerprint density at radius 1 is 0.167 bits per heavy atom. The van der Waals surface area contributed by atoms with Crippen LogP contribution < -0.4 is 0 Å². The highest BCUT2D eigenvalue weighted by molar-refractivity contribution is 5.91. The number of aromatic nitrogens is 4. The van der Waals surface area contributed by atoms with Gasteiger partial charge in [0.05, 0.1) is 22.8 Å². The van der Waals surface area contributed by atoms with Gasteiger partial charge in [0.2, 0.25) is 0 Å². The van der Waals surface area contributed by atoms with E-state index in [0.29, 0.717) is 11.6 Å². The van der Waals surface area contributed by atoms with Crippen molar-refractivity contribution in [1.29, 1.82) is 0 Å². The van der Waals surface area contributed by atoms with Crippen LogP contribution in [0, 0.1) is 0 Å². The summed E-state index contributed by atoms with van der Waals surface area (Å²) in [6.45, 7) is 0. The lowest BCUT2D eigenvalue weighted by atomic mass is 9.91. The van der Waals surface area contributed by atoms with E-state index in [1.807, 2.05) is 24.3 Å². The molecular formula is C62H42N4. The molecule has 4 heteroatoms. The third kappa shape index (κ3) is 8.23. The molecule has 9 aromatic carbocycles. The largest absolute Gasteiger partial charge is 0.228 e. The van der Waals surface area contributed by atoms with Gasteiger partial charge in [-0.25, -0.2) is 19.9 Å². The molecule has 4 nitrogen and oxygen atoms in total. The van der Waals surface area contributed by atoms with E-state index in [0.717, 1.165) is 101 Å². The first-order valence-electron chi connectivity index (χ1n) is 22.2. The maximum absolute atomic E-state index is 5.39. The molecule has 310 valence electrons. The minimum absolute atomic E-state index is 0.649. The molecule has 0 unspecified atom stereocenters. The molecule has 0 aliphatic carbocycles. The monoisotopic (exact) mass is 842 g/mol. The molecule has 0 atom stereocenters. The maximum atomic E-state index is 5.39. The molecule has 0 N–H and O–H groups in total. The van der Waals surface area contributed by atoms with Crippen LogP contribution in [0.5, 0.6) is 0 Å². The Morgan fingerprint density at radius 2 is 0.530 bits per heavy atom. The number of hydrogen-bond acceptors (Lipinski definition) is 4. The van der Waals surface area contributed by atoms with Crippen molar-refractivity contribution in [3.05, 3.63) is 255 Å². The van der Waals surface area contributed by atoms with Crippen LogP contribution in [0.1, 0.15) is 0 Å². The van der Waals surface area contributed by atoms with E-state index >= 15 is 0 Å². The fourth-order valence-corrected chi connectivity index (χ4v) is 8.69. The Labute approximate surface area is 385 Å². The summed E-state index contributed by atoms with van der Waals surface area (Å²) in [5.74, 6) is 1.30. The van der Waals surface area contributed by atoms with Crippen LogP contribution in [0.25, 0.3) is 112 Å². The normalized spacial score (nSPS) is 11.0. The topological polar surface area (TPSA) is 51.6 Å². The molecule has 2 aromatic heterocycles. The van der Waals surface area contributed by atoms with E-state index in [4.69, 9.17) is 19.9 Å². The van der Waals surface area contributed by atoms with E-state index in [9.17, 15) is 0 Å². The molecule has 0 amide bonds. The average molecular weight is 843 g/mol. The molecule has 11 aromatic rings. The first-order chi connectivity index (χ1) is 32.7. The zero-order chi connectivity index (χ0) is 44.1. The summed E-state index contributed by atoms with van der Waals surface area (Å²) in [4.78, 5) is 21.4. The Bertz CT molecular complexity index is 3450. The van der Waals surface area contributed by atoms with Gasteiger partial charge in [-0.15, -0.1) is 0 Å². The first-order valence-corrected chi connectivity index (χ1v) is 22.2. The highest BCUT2D eigenvalue weighted by Crippen LogP contribution is 2.41. The summed E-state index contributed by atoms with van der Waals surface area (Å²) in [6.07, 6.45) is 0. The van der Waals surface area contributed by atoms with Gasteiger partial charge in [-0.3, -0.25) is 0 Å². The van der Waals surface area contributed by atoms with Crippen molar-refractivity contribution >= 4 is 0 Å². The second-order valence-electron chi connectivity index (χ2n) is 16.2. The van der Waals surface area contributed by atoms with Gasteiger partial charge in [-0.1, -0.05) is 224 Å². The van der Waals surface area contributed by atoms with Gasteiger partial charge in [0.15, 0.2) is 11.6 Å². The minimum Gasteiger partial charge on any atom is -0.228 e. The van der Waals surface area contributed by atoms with Crippen molar-refractivity contribution in [2.45, 2.75) is 0 Å². The summed E-state index contributed by atoms with van der Waals surface area (Å²) in [6, 6.07) is 88.6. The second-order valence-corrected chi connectivity index (χ2v) is 16.2. The molecule has 66 heavy (non-hydrogen) atoms. The number of hydrogen-bond donors (Lipinski definition) is 0. The summed E-state index contributed by atoms with van der Waals surface area (Å²) >= 11 is 0. The molecule has 0 fully saturated rings. The molecule has 0 spiro atoms. The number of rotatable bonds is 10. The number of benzene rings is 9. The third-order valence-electron chi connectivity index (χ3n) is 12.0. The zero-order valence-corrected chi connectivity index (χ0v) is 36.0. The van der Waals surface area contributed by atoms with Crippen molar-refractivity contribution < 1.29 is 0 Å². The standard InChI is InChI=1S/C62H42N4/c1-6-21-43(22-7-1)48-31-20-32-50(39-48)59-41-57(46-27-12-4-13-28-46)63-62(65-59)55-38-37-49(40-56(55)45-25-10-3-11-26-45)52-34-17-19-36-54(52)61-64-58(47-29-14-5-15-30-47)42-60(66-61)53-35-18-16-33-51(53)44-23-8-2-9-24-44/h1-42H. The van der Waals surface area contributed by atoms with Crippen molar-refractivity contribution in [1.82, 2.24) is 19.9 Å². The molecule has 0 saturated heterocycles. The molecule has 0 radical (unpaired) electrons. The Morgan fingerprint density at radius 3 is 1.09 bits per heavy atom. The van der Waals surface area contributed by atoms with Crippen molar-refractivity contribution in [3.63, 3.8) is 0 Å². The summed E-state index contributed by atoms with van der Waals surface area (Å²) < 4.78 is 0. The lowest BCUT2D eigenvalue weighted by Crippen LogP contribution is -1.99. The molecule has 2 heterocycles. The Kier molecular flexibility index (Phi) is 10.9. The average Bonchev–Trinajstić information content (AvgIpc) is 3.41. The SMILES string of the molecule is c1ccc(-c2cccc(-c3cc(-c4ccccc4)nc(-c4ccc(-c5ccccc5-c5nc(-c6ccccc6)cc(-c6ccccc6-c6ccccc6)n5)cc4-c4ccccc4)n3)c2)cc1. The van der Waals surface area contributed by atoms with Crippen LogP contribution in [0.2, 0.25) is 0 Å². The van der Waals surface area contributed by atoms with E-state index in [-0.39, 0.29) is 0 Å². The highest BCUT2D eigenvalue weighted by atomic mass is 14.9. The van der Waals surface area contributed by atoms with Crippen LogP contribution >= 0.6 is 0 Å². The molecule has 0 bridgehead atoms. The van der Waals surface area contributed by atoms with E-state index in [2.05, 4.69) is 231 Å². The molecule has 0 saturated carbocycles. The third-order valence-corrected chi connectivity index (χ3v) is 12.0. The van der Waals surface area contributed by atoms with E-state index in [1.165, 1.54) is 0 Å². The maximum Gasteiger partial charge on any atom is 0.161 e. The van der Waals surface area contributed by atoms with Crippen molar-refractivity contribution in [2.75, 3.05) is 0 Å². The fraction of sp³-hybridized carbons (Fsp3) is 0. The van der Waals surface area contributed by atoms with Gasteiger partial charge in [-0.05, 0) is 74.8 Å². The molecule has 0 aliphatic rings. The Balaban J connectivity index is 1.08. The van der Waals surface area contributed by atoms with E-state index in [1.54, 1.807) is 0 Å². The number of nitrogens with zero attached hydrogens (tertiary/aromatic N) is 4. The van der Waals surface area contributed by atoms with Crippen LogP contribution in [-0.2, 0) is 0 Å². The predicted octanol–water partition coefficient (Wildman–Crippen LogP) is 15.9. The summed E-state index contributed by atoms with van der Waals surface area (Å²) in [5, 5.41) is 0. The highest BCUT2D eigenvalue weighted by Gasteiger charge is 2.20. The van der Waals surface area contributed by atoms with Crippen LogP contribution in [0.3, 0.4) is 0 Å². The van der Waals surface area contributed by atoms with Gasteiger partial charge < -0.3 is 0 Å². The summed E-state index contributed by atoms with van der Waals surface area (Å²) in [7, 11) is 0. The smallest absolute Gasteiger partial charge is 0.161 e. The van der Waals surface area contributed by atoms with Crippen LogP contribution in [0.15, 0.2) is 255 Å². The van der Waals surface area contributed by atoms with Crippen LogP contribution in [0.4, 0.5) is 0 Å². The van der Waals surface area contributed by atoms with Crippen molar-refractivity contribution in [3.8, 4) is 112 Å². The molecule has 0 aliphatic heterocycles. The van der Waals surface area contributed by atoms with Gasteiger partial charge in [0.25, 0.3) is 0 Å². The lowest BCUT2D eigenvalue weighted by Gasteiger charge is -2.17. The second kappa shape index (κ2) is 18.1. The fourth-order valence-electron chi connectivity index (χ4n) is 8.69. The van der Waals surface area contributed by atoms with Gasteiger partial charge >= 0.3 is 0 Å². The predicted molar refractivity (Wildman–Crippen MR) is 272 cm³/mol. The first kappa shape index (κ1) is 40.0. The van der Waals surface area contributed by atoms with Crippen LogP contribution in [-0.4, -0.2) is 19.9 Å². The zero-order valence-electron chi connectivity index (χ0n) is 36.0. The lowest BCUT2D eigenvalue weighted by molar-refractivity contribution is 1.18. The van der Waals surface area contributed by atoms with E-state index < -0.39 is 0 Å². The van der Waals surface area contributed by atoms with Gasteiger partial charge in [0.1, 0.15) is 0 Å². The van der Waals surface area contributed by atoms with Gasteiger partial charge in [0, 0.05) is 33.4 Å².